The largest absolute Gasteiger partial charge is 0.372 e. The number of pyridine rings is 1. The maximum atomic E-state index is 12.7. The minimum absolute atomic E-state index is 0.0138. The van der Waals surface area contributed by atoms with E-state index in [0.717, 1.165) is 6.42 Å². The number of likely N-dealkylation sites (tertiary alicyclic amines) is 1. The van der Waals surface area contributed by atoms with Crippen molar-refractivity contribution in [1.29, 1.82) is 0 Å². The van der Waals surface area contributed by atoms with Gasteiger partial charge in [-0.1, -0.05) is 0 Å². The van der Waals surface area contributed by atoms with Gasteiger partial charge < -0.3 is 19.9 Å². The molecule has 7 heteroatoms. The van der Waals surface area contributed by atoms with Gasteiger partial charge in [0.25, 0.3) is 5.91 Å². The Morgan fingerprint density at radius 3 is 3.00 bits per heavy atom. The van der Waals surface area contributed by atoms with Gasteiger partial charge in [0.1, 0.15) is 18.0 Å². The molecule has 3 heterocycles. The van der Waals surface area contributed by atoms with Crippen molar-refractivity contribution in [3.05, 3.63) is 23.9 Å². The lowest BCUT2D eigenvalue weighted by Gasteiger charge is -2.38. The summed E-state index contributed by atoms with van der Waals surface area (Å²) in [6.45, 7) is 1.75. The van der Waals surface area contributed by atoms with Crippen molar-refractivity contribution in [3.8, 4) is 0 Å². The van der Waals surface area contributed by atoms with E-state index >= 15 is 0 Å². The zero-order chi connectivity index (χ0) is 15.7. The standard InChI is InChI=1S/C15H20N4O3/c1-16-13-11(4-3-6-17-13)14(21)19-7-5-15(10-19)9-18(2)12(20)8-22-15/h3-4,6H,5,7-10H2,1-2H3,(H,16,17). The van der Waals surface area contributed by atoms with Crippen molar-refractivity contribution < 1.29 is 14.3 Å². The van der Waals surface area contributed by atoms with Crippen LogP contribution in [0.4, 0.5) is 5.82 Å². The topological polar surface area (TPSA) is 74.8 Å². The van der Waals surface area contributed by atoms with E-state index in [1.165, 1.54) is 0 Å². The predicted molar refractivity (Wildman–Crippen MR) is 80.6 cm³/mol. The molecule has 1 unspecified atom stereocenters. The molecule has 0 aliphatic carbocycles. The maximum Gasteiger partial charge on any atom is 0.257 e. The number of morpholine rings is 1. The zero-order valence-electron chi connectivity index (χ0n) is 12.8. The number of rotatable bonds is 2. The Kier molecular flexibility index (Phi) is 3.74. The van der Waals surface area contributed by atoms with Gasteiger partial charge in [-0.2, -0.15) is 0 Å². The molecule has 2 amide bonds. The highest BCUT2D eigenvalue weighted by Gasteiger charge is 2.45. The van der Waals surface area contributed by atoms with Crippen molar-refractivity contribution >= 4 is 17.6 Å². The molecule has 2 aliphatic rings. The SMILES string of the molecule is CNc1ncccc1C(=O)N1CCC2(CN(C)C(=O)CO2)C1. The number of carbonyl (C=O) groups is 2. The molecule has 2 saturated heterocycles. The van der Waals surface area contributed by atoms with E-state index in [-0.39, 0.29) is 18.4 Å². The monoisotopic (exact) mass is 304 g/mol. The van der Waals surface area contributed by atoms with E-state index in [4.69, 9.17) is 4.74 Å². The van der Waals surface area contributed by atoms with Gasteiger partial charge in [-0.3, -0.25) is 9.59 Å². The van der Waals surface area contributed by atoms with Crippen LogP contribution in [0.5, 0.6) is 0 Å². The number of anilines is 1. The lowest BCUT2D eigenvalue weighted by Crippen LogP contribution is -2.54. The second-order valence-corrected chi connectivity index (χ2v) is 5.85. The number of ether oxygens (including phenoxy) is 1. The van der Waals surface area contributed by atoms with E-state index in [1.807, 2.05) is 0 Å². The molecule has 0 aromatic carbocycles. The minimum atomic E-state index is -0.430. The van der Waals surface area contributed by atoms with Crippen LogP contribution in [-0.2, 0) is 9.53 Å². The minimum Gasteiger partial charge on any atom is -0.372 e. The van der Waals surface area contributed by atoms with Crippen molar-refractivity contribution in [3.63, 3.8) is 0 Å². The van der Waals surface area contributed by atoms with Crippen LogP contribution in [0, 0.1) is 0 Å². The van der Waals surface area contributed by atoms with Crippen LogP contribution in [0.2, 0.25) is 0 Å². The normalized spacial score (nSPS) is 24.9. The van der Waals surface area contributed by atoms with Gasteiger partial charge in [0.15, 0.2) is 0 Å². The fourth-order valence-corrected chi connectivity index (χ4v) is 3.10. The van der Waals surface area contributed by atoms with Gasteiger partial charge in [0, 0.05) is 26.8 Å². The summed E-state index contributed by atoms with van der Waals surface area (Å²) in [5.74, 6) is 0.503. The summed E-state index contributed by atoms with van der Waals surface area (Å²) in [6.07, 6.45) is 2.39. The molecule has 0 radical (unpaired) electrons. The number of nitrogens with one attached hydrogen (secondary N) is 1. The Labute approximate surface area is 129 Å². The molecule has 7 nitrogen and oxygen atoms in total. The molecule has 2 aliphatic heterocycles. The molecular formula is C15H20N4O3. The third-order valence-corrected chi connectivity index (χ3v) is 4.33. The van der Waals surface area contributed by atoms with Crippen LogP contribution in [0.1, 0.15) is 16.8 Å². The summed E-state index contributed by atoms with van der Waals surface area (Å²) in [5.41, 5.74) is 0.127. The van der Waals surface area contributed by atoms with Crippen LogP contribution in [0.3, 0.4) is 0 Å². The van der Waals surface area contributed by atoms with Crippen LogP contribution < -0.4 is 5.32 Å². The first kappa shape index (κ1) is 14.8. The first-order valence-electron chi connectivity index (χ1n) is 7.35. The van der Waals surface area contributed by atoms with Crippen LogP contribution >= 0.6 is 0 Å². The average molecular weight is 304 g/mol. The Hall–Kier alpha value is -2.15. The molecule has 22 heavy (non-hydrogen) atoms. The van der Waals surface area contributed by atoms with Crippen LogP contribution in [-0.4, -0.2) is 72.5 Å². The fraction of sp³-hybridized carbons (Fsp3) is 0.533. The third kappa shape index (κ3) is 2.52. The Bertz CT molecular complexity index is 606. The number of hydrogen-bond acceptors (Lipinski definition) is 5. The summed E-state index contributed by atoms with van der Waals surface area (Å²) in [7, 11) is 3.52. The molecule has 1 atom stereocenters. The highest BCUT2D eigenvalue weighted by atomic mass is 16.5. The third-order valence-electron chi connectivity index (χ3n) is 4.33. The van der Waals surface area contributed by atoms with Gasteiger partial charge in [-0.15, -0.1) is 0 Å². The lowest BCUT2D eigenvalue weighted by atomic mass is 10.0. The smallest absolute Gasteiger partial charge is 0.257 e. The molecule has 118 valence electrons. The average Bonchev–Trinajstić information content (AvgIpc) is 2.94. The Morgan fingerprint density at radius 1 is 1.45 bits per heavy atom. The molecule has 1 N–H and O–H groups in total. The second kappa shape index (κ2) is 5.57. The zero-order valence-corrected chi connectivity index (χ0v) is 12.8. The predicted octanol–water partition coefficient (Wildman–Crippen LogP) is 0.197. The quantitative estimate of drug-likeness (QED) is 0.844. The van der Waals surface area contributed by atoms with Gasteiger partial charge >= 0.3 is 0 Å². The van der Waals surface area contributed by atoms with Gasteiger partial charge in [0.2, 0.25) is 5.91 Å². The Morgan fingerprint density at radius 2 is 2.27 bits per heavy atom. The maximum absolute atomic E-state index is 12.7. The van der Waals surface area contributed by atoms with E-state index in [2.05, 4.69) is 10.3 Å². The summed E-state index contributed by atoms with van der Waals surface area (Å²) in [6, 6.07) is 3.52. The highest BCUT2D eigenvalue weighted by molar-refractivity contribution is 5.98. The first-order chi connectivity index (χ1) is 10.5. The number of carbonyl (C=O) groups excluding carboxylic acids is 2. The summed E-state index contributed by atoms with van der Waals surface area (Å²) >= 11 is 0. The summed E-state index contributed by atoms with van der Waals surface area (Å²) in [4.78, 5) is 31.9. The van der Waals surface area contributed by atoms with Crippen molar-refractivity contribution in [1.82, 2.24) is 14.8 Å². The van der Waals surface area contributed by atoms with Crippen molar-refractivity contribution in [2.75, 3.05) is 45.7 Å². The van der Waals surface area contributed by atoms with E-state index < -0.39 is 5.60 Å². The fourth-order valence-electron chi connectivity index (χ4n) is 3.10. The first-order valence-corrected chi connectivity index (χ1v) is 7.35. The van der Waals surface area contributed by atoms with Gasteiger partial charge in [-0.05, 0) is 18.6 Å². The molecule has 3 rings (SSSR count). The molecule has 0 saturated carbocycles. The molecule has 2 fully saturated rings. The van der Waals surface area contributed by atoms with Crippen molar-refractivity contribution in [2.24, 2.45) is 0 Å². The van der Waals surface area contributed by atoms with E-state index in [0.29, 0.717) is 31.0 Å². The molecular weight excluding hydrogens is 284 g/mol. The Balaban J connectivity index is 1.75. The number of aromatic nitrogens is 1. The van der Waals surface area contributed by atoms with Crippen molar-refractivity contribution in [2.45, 2.75) is 12.0 Å². The lowest BCUT2D eigenvalue weighted by molar-refractivity contribution is -0.158. The summed E-state index contributed by atoms with van der Waals surface area (Å²) < 4.78 is 5.77. The number of nitrogens with zero attached hydrogens (tertiary/aromatic N) is 3. The van der Waals surface area contributed by atoms with Gasteiger partial charge in [-0.25, -0.2) is 4.98 Å². The van der Waals surface area contributed by atoms with E-state index in [9.17, 15) is 9.59 Å². The second-order valence-electron chi connectivity index (χ2n) is 5.85. The molecule has 0 bridgehead atoms. The summed E-state index contributed by atoms with van der Waals surface area (Å²) in [5, 5.41) is 2.94. The van der Waals surface area contributed by atoms with Gasteiger partial charge in [0.05, 0.1) is 18.7 Å². The van der Waals surface area contributed by atoms with Crippen LogP contribution in [0.25, 0.3) is 0 Å². The highest BCUT2D eigenvalue weighted by Crippen LogP contribution is 2.30. The van der Waals surface area contributed by atoms with Crippen LogP contribution in [0.15, 0.2) is 18.3 Å². The number of hydrogen-bond donors (Lipinski definition) is 1. The van der Waals surface area contributed by atoms with E-state index in [1.54, 1.807) is 42.2 Å². The number of amides is 2. The molecule has 1 spiro atoms. The number of likely N-dealkylation sites (N-methyl/N-ethyl adjacent to an activating group) is 1. The molecule has 1 aromatic heterocycles. The molecule has 1 aromatic rings.